The van der Waals surface area contributed by atoms with E-state index < -0.39 is 0 Å². The molecule has 0 fully saturated rings. The highest BCUT2D eigenvalue weighted by Gasteiger charge is 2.20. The molecule has 0 spiro atoms. The summed E-state index contributed by atoms with van der Waals surface area (Å²) in [6.07, 6.45) is 0. The molecule has 0 aliphatic carbocycles. The number of anilines is 1. The first-order valence-corrected chi connectivity index (χ1v) is 10.2. The van der Waals surface area contributed by atoms with Crippen molar-refractivity contribution in [3.63, 3.8) is 0 Å². The monoisotopic (exact) mass is 412 g/mol. The number of carbonyl (C=O) groups is 1. The topological polar surface area (TPSA) is 60.5 Å². The third kappa shape index (κ3) is 4.08. The van der Waals surface area contributed by atoms with E-state index in [0.29, 0.717) is 23.6 Å². The van der Waals surface area contributed by atoms with E-state index in [1.54, 1.807) is 7.11 Å². The van der Waals surface area contributed by atoms with E-state index in [4.69, 9.17) is 14.5 Å². The SMILES string of the molecule is CCOc1ccccc1NC(=O)c1c(C)c(-c2ccc(OC)cc2)nc2ccccc12. The Morgan fingerprint density at radius 1 is 0.968 bits per heavy atom. The molecule has 31 heavy (non-hydrogen) atoms. The molecule has 5 heteroatoms. The zero-order chi connectivity index (χ0) is 21.8. The van der Waals surface area contributed by atoms with Crippen LogP contribution in [0.4, 0.5) is 5.69 Å². The summed E-state index contributed by atoms with van der Waals surface area (Å²) >= 11 is 0. The van der Waals surface area contributed by atoms with E-state index in [1.165, 1.54) is 0 Å². The van der Waals surface area contributed by atoms with E-state index in [-0.39, 0.29) is 5.91 Å². The van der Waals surface area contributed by atoms with Crippen LogP contribution in [0.5, 0.6) is 11.5 Å². The lowest BCUT2D eigenvalue weighted by molar-refractivity contribution is 0.102. The van der Waals surface area contributed by atoms with Crippen LogP contribution < -0.4 is 14.8 Å². The molecule has 0 unspecified atom stereocenters. The molecule has 0 aliphatic rings. The second-order valence-electron chi connectivity index (χ2n) is 7.09. The Kier molecular flexibility index (Phi) is 5.85. The molecule has 156 valence electrons. The highest BCUT2D eigenvalue weighted by atomic mass is 16.5. The largest absolute Gasteiger partial charge is 0.497 e. The van der Waals surface area contributed by atoms with Crippen molar-refractivity contribution in [1.29, 1.82) is 0 Å². The Morgan fingerprint density at radius 3 is 2.42 bits per heavy atom. The number of ether oxygens (including phenoxy) is 2. The van der Waals surface area contributed by atoms with Gasteiger partial charge in [0.25, 0.3) is 5.91 Å². The Bertz CT molecular complexity index is 1230. The Morgan fingerprint density at radius 2 is 1.68 bits per heavy atom. The normalized spacial score (nSPS) is 10.7. The van der Waals surface area contributed by atoms with Crippen molar-refractivity contribution in [1.82, 2.24) is 4.98 Å². The van der Waals surface area contributed by atoms with E-state index >= 15 is 0 Å². The van der Waals surface area contributed by atoms with Crippen molar-refractivity contribution >= 4 is 22.5 Å². The van der Waals surface area contributed by atoms with Crippen LogP contribution in [-0.2, 0) is 0 Å². The summed E-state index contributed by atoms with van der Waals surface area (Å²) in [6, 6.07) is 22.8. The van der Waals surface area contributed by atoms with Gasteiger partial charge in [-0.3, -0.25) is 4.79 Å². The van der Waals surface area contributed by atoms with Gasteiger partial charge in [0.2, 0.25) is 0 Å². The minimum Gasteiger partial charge on any atom is -0.497 e. The van der Waals surface area contributed by atoms with Crippen LogP contribution in [0.3, 0.4) is 0 Å². The molecule has 0 saturated carbocycles. The third-order valence-electron chi connectivity index (χ3n) is 5.16. The van der Waals surface area contributed by atoms with Crippen LogP contribution in [0.25, 0.3) is 22.2 Å². The number of benzene rings is 3. The van der Waals surface area contributed by atoms with Crippen molar-refractivity contribution in [2.75, 3.05) is 19.0 Å². The quantitative estimate of drug-likeness (QED) is 0.430. The lowest BCUT2D eigenvalue weighted by Crippen LogP contribution is -2.16. The van der Waals surface area contributed by atoms with E-state index in [1.807, 2.05) is 86.6 Å². The number of fused-ring (bicyclic) bond motifs is 1. The minimum atomic E-state index is -0.196. The van der Waals surface area contributed by atoms with Crippen LogP contribution >= 0.6 is 0 Å². The van der Waals surface area contributed by atoms with Gasteiger partial charge in [0.15, 0.2) is 0 Å². The van der Waals surface area contributed by atoms with Gasteiger partial charge in [0.1, 0.15) is 11.5 Å². The lowest BCUT2D eigenvalue weighted by Gasteiger charge is -2.16. The van der Waals surface area contributed by atoms with Crippen molar-refractivity contribution in [2.45, 2.75) is 13.8 Å². The van der Waals surface area contributed by atoms with Gasteiger partial charge < -0.3 is 14.8 Å². The second-order valence-corrected chi connectivity index (χ2v) is 7.09. The number of amides is 1. The van der Waals surface area contributed by atoms with Gasteiger partial charge in [-0.25, -0.2) is 4.98 Å². The maximum Gasteiger partial charge on any atom is 0.256 e. The molecule has 1 amide bonds. The van der Waals surface area contributed by atoms with Gasteiger partial charge in [-0.05, 0) is 61.9 Å². The molecular formula is C26H24N2O3. The maximum absolute atomic E-state index is 13.5. The summed E-state index contributed by atoms with van der Waals surface area (Å²) in [7, 11) is 1.64. The van der Waals surface area contributed by atoms with Crippen molar-refractivity contribution in [2.24, 2.45) is 0 Å². The summed E-state index contributed by atoms with van der Waals surface area (Å²) in [5, 5.41) is 3.84. The molecular weight excluding hydrogens is 388 g/mol. The van der Waals surface area contributed by atoms with Crippen LogP contribution in [0.1, 0.15) is 22.8 Å². The number of aromatic nitrogens is 1. The number of para-hydroxylation sites is 3. The predicted molar refractivity (Wildman–Crippen MR) is 124 cm³/mol. The third-order valence-corrected chi connectivity index (χ3v) is 5.16. The number of methoxy groups -OCH3 is 1. The molecule has 1 N–H and O–H groups in total. The van der Waals surface area contributed by atoms with Gasteiger partial charge in [0.05, 0.1) is 36.2 Å². The molecule has 3 aromatic carbocycles. The molecule has 4 aromatic rings. The molecule has 1 heterocycles. The van der Waals surface area contributed by atoms with Crippen LogP contribution in [0, 0.1) is 6.92 Å². The lowest BCUT2D eigenvalue weighted by atomic mass is 9.97. The Balaban J connectivity index is 1.83. The highest BCUT2D eigenvalue weighted by molar-refractivity contribution is 6.14. The van der Waals surface area contributed by atoms with Crippen LogP contribution in [0.15, 0.2) is 72.8 Å². The summed E-state index contributed by atoms with van der Waals surface area (Å²) in [4.78, 5) is 18.3. The van der Waals surface area contributed by atoms with E-state index in [2.05, 4.69) is 5.32 Å². The van der Waals surface area contributed by atoms with Crippen molar-refractivity contribution in [3.8, 4) is 22.8 Å². The fourth-order valence-electron chi connectivity index (χ4n) is 3.67. The van der Waals surface area contributed by atoms with Gasteiger partial charge in [-0.1, -0.05) is 30.3 Å². The molecule has 1 aromatic heterocycles. The van der Waals surface area contributed by atoms with Crippen molar-refractivity contribution in [3.05, 3.63) is 83.9 Å². The zero-order valence-electron chi connectivity index (χ0n) is 17.8. The number of hydrogen-bond donors (Lipinski definition) is 1. The second kappa shape index (κ2) is 8.88. The number of nitrogens with zero attached hydrogens (tertiary/aromatic N) is 1. The fourth-order valence-corrected chi connectivity index (χ4v) is 3.67. The Hall–Kier alpha value is -3.86. The first-order valence-electron chi connectivity index (χ1n) is 10.2. The molecule has 5 nitrogen and oxygen atoms in total. The molecule has 0 saturated heterocycles. The number of pyridine rings is 1. The minimum absolute atomic E-state index is 0.196. The average Bonchev–Trinajstić information content (AvgIpc) is 2.80. The molecule has 0 aliphatic heterocycles. The standard InChI is InChI=1S/C26H24N2O3/c1-4-31-23-12-8-7-11-22(23)28-26(29)24-17(2)25(18-13-15-19(30-3)16-14-18)27-21-10-6-5-9-20(21)24/h5-16H,4H2,1-3H3,(H,28,29). The number of hydrogen-bond acceptors (Lipinski definition) is 4. The summed E-state index contributed by atoms with van der Waals surface area (Å²) in [5.41, 5.74) is 4.51. The first kappa shape index (κ1) is 20.4. The van der Waals surface area contributed by atoms with Crippen LogP contribution in [0.2, 0.25) is 0 Å². The van der Waals surface area contributed by atoms with Gasteiger partial charge in [0, 0.05) is 10.9 Å². The zero-order valence-corrected chi connectivity index (χ0v) is 17.8. The smallest absolute Gasteiger partial charge is 0.256 e. The Labute approximate surface area is 181 Å². The van der Waals surface area contributed by atoms with Crippen LogP contribution in [-0.4, -0.2) is 24.6 Å². The summed E-state index contributed by atoms with van der Waals surface area (Å²) in [6.45, 7) is 4.37. The summed E-state index contributed by atoms with van der Waals surface area (Å²) < 4.78 is 10.9. The molecule has 0 bridgehead atoms. The number of carbonyl (C=O) groups excluding carboxylic acids is 1. The predicted octanol–water partition coefficient (Wildman–Crippen LogP) is 5.87. The fraction of sp³-hybridized carbons (Fsp3) is 0.154. The van der Waals surface area contributed by atoms with Gasteiger partial charge in [-0.15, -0.1) is 0 Å². The van der Waals surface area contributed by atoms with Gasteiger partial charge >= 0.3 is 0 Å². The van der Waals surface area contributed by atoms with Crippen molar-refractivity contribution < 1.29 is 14.3 Å². The molecule has 0 radical (unpaired) electrons. The summed E-state index contributed by atoms with van der Waals surface area (Å²) in [5.74, 6) is 1.22. The number of nitrogens with one attached hydrogen (secondary N) is 1. The first-order chi connectivity index (χ1) is 15.1. The van der Waals surface area contributed by atoms with Gasteiger partial charge in [-0.2, -0.15) is 0 Å². The van der Waals surface area contributed by atoms with E-state index in [0.717, 1.165) is 33.5 Å². The highest BCUT2D eigenvalue weighted by Crippen LogP contribution is 2.32. The number of rotatable bonds is 6. The molecule has 4 rings (SSSR count). The van der Waals surface area contributed by atoms with E-state index in [9.17, 15) is 4.79 Å². The molecule has 0 atom stereocenters. The average molecular weight is 412 g/mol. The maximum atomic E-state index is 13.5.